The molecule has 164 valence electrons. The number of rotatable bonds is 6. The first-order valence-electron chi connectivity index (χ1n) is 10.9. The van der Waals surface area contributed by atoms with Crippen LogP contribution in [0.5, 0.6) is 0 Å². The third-order valence-corrected chi connectivity index (χ3v) is 6.25. The van der Waals surface area contributed by atoms with Crippen LogP contribution in [0.4, 0.5) is 5.69 Å². The monoisotopic (exact) mass is 440 g/mol. The van der Waals surface area contributed by atoms with Crippen molar-refractivity contribution in [3.8, 4) is 0 Å². The molecule has 0 radical (unpaired) electrons. The SMILES string of the molecule is CCCCn1c(=O)c2c(N3CCN(C)CC3)cc(Cl)cc2n(Cc2ccccc2)c1=O. The Morgan fingerprint density at radius 3 is 2.35 bits per heavy atom. The molecule has 0 bridgehead atoms. The highest BCUT2D eigenvalue weighted by Crippen LogP contribution is 2.29. The lowest BCUT2D eigenvalue weighted by molar-refractivity contribution is 0.313. The van der Waals surface area contributed by atoms with Crippen LogP contribution in [0.15, 0.2) is 52.1 Å². The first-order valence-corrected chi connectivity index (χ1v) is 11.3. The van der Waals surface area contributed by atoms with Crippen molar-refractivity contribution < 1.29 is 0 Å². The highest BCUT2D eigenvalue weighted by molar-refractivity contribution is 6.31. The summed E-state index contributed by atoms with van der Waals surface area (Å²) < 4.78 is 3.11. The number of aromatic nitrogens is 2. The number of hydrogen-bond acceptors (Lipinski definition) is 4. The number of piperazine rings is 1. The third-order valence-electron chi connectivity index (χ3n) is 6.04. The van der Waals surface area contributed by atoms with E-state index in [4.69, 9.17) is 11.6 Å². The molecule has 2 heterocycles. The molecule has 2 aromatic carbocycles. The Morgan fingerprint density at radius 2 is 1.68 bits per heavy atom. The maximum atomic E-state index is 13.6. The fourth-order valence-corrected chi connectivity index (χ4v) is 4.42. The van der Waals surface area contributed by atoms with E-state index in [1.54, 1.807) is 10.6 Å². The number of benzene rings is 2. The van der Waals surface area contributed by atoms with Crippen LogP contribution in [0.3, 0.4) is 0 Å². The van der Waals surface area contributed by atoms with Gasteiger partial charge in [-0.25, -0.2) is 4.79 Å². The van der Waals surface area contributed by atoms with Gasteiger partial charge in [0.25, 0.3) is 5.56 Å². The zero-order chi connectivity index (χ0) is 22.0. The van der Waals surface area contributed by atoms with E-state index in [2.05, 4.69) is 23.8 Å². The summed E-state index contributed by atoms with van der Waals surface area (Å²) in [4.78, 5) is 31.5. The minimum atomic E-state index is -0.276. The Hall–Kier alpha value is -2.57. The molecule has 7 heteroatoms. The maximum absolute atomic E-state index is 13.6. The lowest BCUT2D eigenvalue weighted by Gasteiger charge is -2.34. The molecule has 0 unspecified atom stereocenters. The molecule has 1 saturated heterocycles. The predicted octanol–water partition coefficient (Wildman–Crippen LogP) is 3.42. The summed E-state index contributed by atoms with van der Waals surface area (Å²) in [6.07, 6.45) is 1.69. The van der Waals surface area contributed by atoms with Crippen LogP contribution in [-0.4, -0.2) is 47.3 Å². The van der Waals surface area contributed by atoms with Crippen molar-refractivity contribution in [2.24, 2.45) is 0 Å². The van der Waals surface area contributed by atoms with Gasteiger partial charge in [-0.05, 0) is 31.2 Å². The predicted molar refractivity (Wildman–Crippen MR) is 128 cm³/mol. The van der Waals surface area contributed by atoms with E-state index in [0.717, 1.165) is 50.3 Å². The number of unbranched alkanes of at least 4 members (excludes halogenated alkanes) is 1. The van der Waals surface area contributed by atoms with Crippen molar-refractivity contribution in [3.05, 3.63) is 73.9 Å². The molecule has 6 nitrogen and oxygen atoms in total. The van der Waals surface area contributed by atoms with Crippen LogP contribution < -0.4 is 16.1 Å². The molecule has 1 aliphatic heterocycles. The summed E-state index contributed by atoms with van der Waals surface area (Å²) in [7, 11) is 2.10. The Labute approximate surface area is 187 Å². The number of anilines is 1. The number of fused-ring (bicyclic) bond motifs is 1. The fourth-order valence-electron chi connectivity index (χ4n) is 4.21. The van der Waals surface area contributed by atoms with Gasteiger partial charge in [-0.3, -0.25) is 13.9 Å². The standard InChI is InChI=1S/C24H29ClN4O2/c1-3-4-10-28-23(30)22-20(27-13-11-26(2)12-14-27)15-19(25)16-21(22)29(24(28)31)17-18-8-6-5-7-9-18/h5-9,15-16H,3-4,10-14,17H2,1-2H3. The summed E-state index contributed by atoms with van der Waals surface area (Å²) in [6, 6.07) is 13.5. The first kappa shape index (κ1) is 21.7. The molecule has 0 saturated carbocycles. The lowest BCUT2D eigenvalue weighted by Crippen LogP contribution is -2.46. The molecular formula is C24H29ClN4O2. The van der Waals surface area contributed by atoms with Crippen molar-refractivity contribution in [1.29, 1.82) is 0 Å². The average molecular weight is 441 g/mol. The smallest absolute Gasteiger partial charge is 0.331 e. The van der Waals surface area contributed by atoms with E-state index < -0.39 is 0 Å². The van der Waals surface area contributed by atoms with Crippen molar-refractivity contribution in [1.82, 2.24) is 14.0 Å². The minimum Gasteiger partial charge on any atom is -0.368 e. The van der Waals surface area contributed by atoms with Gasteiger partial charge in [-0.2, -0.15) is 0 Å². The molecule has 0 atom stereocenters. The fraction of sp³-hybridized carbons (Fsp3) is 0.417. The largest absolute Gasteiger partial charge is 0.368 e. The zero-order valence-corrected chi connectivity index (χ0v) is 18.9. The van der Waals surface area contributed by atoms with E-state index >= 15 is 0 Å². The van der Waals surface area contributed by atoms with E-state index in [9.17, 15) is 9.59 Å². The summed E-state index contributed by atoms with van der Waals surface area (Å²) in [5, 5.41) is 1.12. The van der Waals surface area contributed by atoms with Gasteiger partial charge in [-0.1, -0.05) is 55.3 Å². The number of likely N-dealkylation sites (N-methyl/N-ethyl adjacent to an activating group) is 1. The topological polar surface area (TPSA) is 50.5 Å². The molecule has 1 fully saturated rings. The van der Waals surface area contributed by atoms with E-state index in [1.807, 2.05) is 36.4 Å². The molecule has 1 aromatic heterocycles. The molecular weight excluding hydrogens is 412 g/mol. The second-order valence-electron chi connectivity index (χ2n) is 8.27. The van der Waals surface area contributed by atoms with E-state index in [0.29, 0.717) is 29.0 Å². The number of nitrogens with zero attached hydrogens (tertiary/aromatic N) is 4. The maximum Gasteiger partial charge on any atom is 0.331 e. The van der Waals surface area contributed by atoms with Gasteiger partial charge in [0.05, 0.1) is 23.1 Å². The van der Waals surface area contributed by atoms with Crippen LogP contribution in [0.1, 0.15) is 25.3 Å². The molecule has 31 heavy (non-hydrogen) atoms. The van der Waals surface area contributed by atoms with Gasteiger partial charge in [0.1, 0.15) is 0 Å². The van der Waals surface area contributed by atoms with Crippen molar-refractivity contribution >= 4 is 28.2 Å². The molecule has 1 aliphatic rings. The summed E-state index contributed by atoms with van der Waals surface area (Å²) in [6.45, 7) is 6.35. The number of halogens is 1. The van der Waals surface area contributed by atoms with Crippen molar-refractivity contribution in [2.75, 3.05) is 38.1 Å². The Bertz CT molecular complexity index is 1180. The molecule has 4 rings (SSSR count). The van der Waals surface area contributed by atoms with Crippen LogP contribution in [0, 0.1) is 0 Å². The van der Waals surface area contributed by atoms with Gasteiger partial charge in [0, 0.05) is 37.7 Å². The Morgan fingerprint density at radius 1 is 0.968 bits per heavy atom. The molecule has 0 amide bonds. The quantitative estimate of drug-likeness (QED) is 0.589. The minimum absolute atomic E-state index is 0.219. The Balaban J connectivity index is 1.97. The lowest BCUT2D eigenvalue weighted by atomic mass is 10.1. The second kappa shape index (κ2) is 9.28. The van der Waals surface area contributed by atoms with E-state index in [1.165, 1.54) is 4.57 Å². The van der Waals surface area contributed by atoms with Gasteiger partial charge in [-0.15, -0.1) is 0 Å². The molecule has 3 aromatic rings. The van der Waals surface area contributed by atoms with Crippen LogP contribution >= 0.6 is 11.6 Å². The third kappa shape index (κ3) is 4.41. The zero-order valence-electron chi connectivity index (χ0n) is 18.2. The normalized spacial score (nSPS) is 15.0. The Kier molecular flexibility index (Phi) is 6.49. The second-order valence-corrected chi connectivity index (χ2v) is 8.71. The van der Waals surface area contributed by atoms with Crippen LogP contribution in [0.2, 0.25) is 5.02 Å². The molecule has 0 N–H and O–H groups in total. The van der Waals surface area contributed by atoms with Crippen molar-refractivity contribution in [2.45, 2.75) is 32.9 Å². The first-order chi connectivity index (χ1) is 15.0. The van der Waals surface area contributed by atoms with Crippen LogP contribution in [0.25, 0.3) is 10.9 Å². The van der Waals surface area contributed by atoms with Gasteiger partial charge < -0.3 is 9.80 Å². The molecule has 0 aliphatic carbocycles. The van der Waals surface area contributed by atoms with Gasteiger partial charge in [0.15, 0.2) is 0 Å². The summed E-state index contributed by atoms with van der Waals surface area (Å²) in [5.41, 5.74) is 1.94. The number of hydrogen-bond donors (Lipinski definition) is 0. The summed E-state index contributed by atoms with van der Waals surface area (Å²) >= 11 is 6.51. The van der Waals surface area contributed by atoms with Crippen molar-refractivity contribution in [3.63, 3.8) is 0 Å². The van der Waals surface area contributed by atoms with Gasteiger partial charge >= 0.3 is 5.69 Å². The van der Waals surface area contributed by atoms with E-state index in [-0.39, 0.29) is 11.2 Å². The summed E-state index contributed by atoms with van der Waals surface area (Å²) in [5.74, 6) is 0. The highest BCUT2D eigenvalue weighted by Gasteiger charge is 2.22. The van der Waals surface area contributed by atoms with Gasteiger partial charge in [0.2, 0.25) is 0 Å². The average Bonchev–Trinajstić information content (AvgIpc) is 2.77. The molecule has 0 spiro atoms. The highest BCUT2D eigenvalue weighted by atomic mass is 35.5. The van der Waals surface area contributed by atoms with Crippen LogP contribution in [-0.2, 0) is 13.1 Å².